The van der Waals surface area contributed by atoms with Crippen molar-refractivity contribution in [1.29, 1.82) is 0 Å². The number of nitrogens with two attached hydrogens (primary N) is 1. The van der Waals surface area contributed by atoms with Gasteiger partial charge in [-0.25, -0.2) is 15.0 Å². The number of H-pyrrole nitrogens is 1. The lowest BCUT2D eigenvalue weighted by Crippen LogP contribution is -2.48. The van der Waals surface area contributed by atoms with Crippen LogP contribution >= 0.6 is 0 Å². The number of nitrogens with zero attached hydrogens (tertiary/aromatic N) is 4. The second kappa shape index (κ2) is 6.89. The average Bonchev–Trinajstić information content (AvgIpc) is 3.48. The fourth-order valence-corrected chi connectivity index (χ4v) is 3.98. The van der Waals surface area contributed by atoms with Crippen LogP contribution in [0.5, 0.6) is 0 Å². The highest BCUT2D eigenvalue weighted by Crippen LogP contribution is 2.31. The molecule has 8 nitrogen and oxygen atoms in total. The number of hydrogen-bond donors (Lipinski definition) is 3. The summed E-state index contributed by atoms with van der Waals surface area (Å²) in [5.74, 6) is 1.70. The quantitative estimate of drug-likeness (QED) is 0.481. The van der Waals surface area contributed by atoms with Crippen molar-refractivity contribution in [2.24, 2.45) is 5.73 Å². The summed E-state index contributed by atoms with van der Waals surface area (Å²) in [6.07, 6.45) is 7.61. The monoisotopic (exact) mass is 389 g/mol. The molecule has 8 heteroatoms. The summed E-state index contributed by atoms with van der Waals surface area (Å²) < 4.78 is 5.39. The zero-order valence-electron chi connectivity index (χ0n) is 16.2. The summed E-state index contributed by atoms with van der Waals surface area (Å²) in [5.41, 5.74) is 10.4. The first-order valence-electron chi connectivity index (χ1n) is 9.67. The minimum absolute atomic E-state index is 0.344. The van der Waals surface area contributed by atoms with Crippen LogP contribution in [0.4, 0.5) is 11.5 Å². The Morgan fingerprint density at radius 3 is 3.14 bits per heavy atom. The van der Waals surface area contributed by atoms with Crippen LogP contribution in [0.1, 0.15) is 12.0 Å². The van der Waals surface area contributed by atoms with Crippen LogP contribution in [0.25, 0.3) is 22.4 Å². The predicted octanol–water partition coefficient (Wildman–Crippen LogP) is 2.94. The molecule has 5 rings (SSSR count). The van der Waals surface area contributed by atoms with Crippen molar-refractivity contribution in [3.8, 4) is 11.3 Å². The molecule has 1 aromatic carbocycles. The summed E-state index contributed by atoms with van der Waals surface area (Å²) >= 11 is 0. The molecule has 29 heavy (non-hydrogen) atoms. The van der Waals surface area contributed by atoms with Crippen molar-refractivity contribution in [3.63, 3.8) is 0 Å². The zero-order chi connectivity index (χ0) is 19.8. The molecular formula is C21H23N7O. The van der Waals surface area contributed by atoms with Gasteiger partial charge in [0, 0.05) is 37.1 Å². The number of fused-ring (bicyclic) bond motifs is 1. The molecule has 4 heterocycles. The maximum Gasteiger partial charge on any atom is 0.181 e. The van der Waals surface area contributed by atoms with Gasteiger partial charge in [-0.3, -0.25) is 0 Å². The fraction of sp³-hybridized carbons (Fsp3) is 0.286. The molecule has 4 aromatic rings. The molecule has 0 bridgehead atoms. The molecule has 0 spiro atoms. The molecule has 1 unspecified atom stereocenters. The van der Waals surface area contributed by atoms with Crippen LogP contribution in [0.2, 0.25) is 0 Å². The molecule has 148 valence electrons. The van der Waals surface area contributed by atoms with E-state index in [2.05, 4.69) is 37.1 Å². The smallest absolute Gasteiger partial charge is 0.181 e. The Labute approximate surface area is 168 Å². The Morgan fingerprint density at radius 2 is 2.28 bits per heavy atom. The van der Waals surface area contributed by atoms with E-state index in [1.54, 1.807) is 12.5 Å². The van der Waals surface area contributed by atoms with E-state index in [4.69, 9.17) is 10.2 Å². The van der Waals surface area contributed by atoms with Gasteiger partial charge in [-0.05, 0) is 31.0 Å². The van der Waals surface area contributed by atoms with Crippen molar-refractivity contribution in [3.05, 3.63) is 54.9 Å². The fourth-order valence-electron chi connectivity index (χ4n) is 3.98. The van der Waals surface area contributed by atoms with Crippen molar-refractivity contribution >= 4 is 22.5 Å². The van der Waals surface area contributed by atoms with Crippen LogP contribution in [0, 0.1) is 6.92 Å². The molecule has 1 atom stereocenters. The van der Waals surface area contributed by atoms with Crippen molar-refractivity contribution in [2.45, 2.75) is 18.9 Å². The lowest BCUT2D eigenvalue weighted by atomic mass is 10.00. The van der Waals surface area contributed by atoms with Crippen LogP contribution in [-0.4, -0.2) is 45.1 Å². The van der Waals surface area contributed by atoms with E-state index in [1.807, 2.05) is 30.5 Å². The molecule has 1 aliphatic heterocycles. The van der Waals surface area contributed by atoms with Gasteiger partial charge in [-0.15, -0.1) is 0 Å². The molecular weight excluding hydrogens is 366 g/mol. The molecule has 0 saturated carbocycles. The van der Waals surface area contributed by atoms with Gasteiger partial charge in [0.2, 0.25) is 0 Å². The van der Waals surface area contributed by atoms with E-state index in [1.165, 1.54) is 6.39 Å². The molecule has 1 aliphatic rings. The summed E-state index contributed by atoms with van der Waals surface area (Å²) in [5, 5.41) is 4.57. The Morgan fingerprint density at radius 1 is 1.34 bits per heavy atom. The normalized spacial score (nSPS) is 19.2. The highest BCUT2D eigenvalue weighted by atomic mass is 16.3. The van der Waals surface area contributed by atoms with Crippen molar-refractivity contribution in [2.75, 3.05) is 29.9 Å². The van der Waals surface area contributed by atoms with Gasteiger partial charge < -0.3 is 25.4 Å². The van der Waals surface area contributed by atoms with Gasteiger partial charge in [-0.1, -0.05) is 12.1 Å². The van der Waals surface area contributed by atoms with E-state index < -0.39 is 0 Å². The summed E-state index contributed by atoms with van der Waals surface area (Å²) in [6.45, 7) is 4.34. The molecule has 1 saturated heterocycles. The van der Waals surface area contributed by atoms with E-state index in [0.717, 1.165) is 58.9 Å². The number of aromatic nitrogens is 4. The highest BCUT2D eigenvalue weighted by Gasteiger charge is 2.35. The minimum Gasteiger partial charge on any atom is -0.444 e. The lowest BCUT2D eigenvalue weighted by molar-refractivity contribution is 0.499. The second-order valence-corrected chi connectivity index (χ2v) is 7.73. The first-order valence-corrected chi connectivity index (χ1v) is 9.67. The number of aromatic amines is 1. The van der Waals surface area contributed by atoms with Crippen molar-refractivity contribution in [1.82, 2.24) is 19.9 Å². The Hall–Kier alpha value is -3.39. The Bertz CT molecular complexity index is 1140. The topological polar surface area (TPSA) is 109 Å². The maximum atomic E-state index is 6.74. The van der Waals surface area contributed by atoms with Gasteiger partial charge in [0.1, 0.15) is 17.8 Å². The molecule has 1 fully saturated rings. The number of aryl methyl sites for hydroxylation is 1. The average molecular weight is 389 g/mol. The standard InChI is InChI=1S/C21H23N7O/c1-14-8-24-19-18(14)20(27-12-26-19)28-6-5-21(22,11-28)10-25-16-4-2-3-15(7-16)17-9-23-13-29-17/h2-4,7-9,12-13,25H,5-6,10-11,22H2,1H3,(H,24,26,27). The maximum absolute atomic E-state index is 6.74. The first kappa shape index (κ1) is 17.7. The number of oxazole rings is 1. The highest BCUT2D eigenvalue weighted by molar-refractivity contribution is 5.90. The summed E-state index contributed by atoms with van der Waals surface area (Å²) in [4.78, 5) is 18.3. The molecule has 4 N–H and O–H groups in total. The SMILES string of the molecule is Cc1c[nH]c2ncnc(N3CCC(N)(CNc4cccc(-c5cnco5)c4)C3)c12. The van der Waals surface area contributed by atoms with Gasteiger partial charge >= 0.3 is 0 Å². The number of anilines is 2. The second-order valence-electron chi connectivity index (χ2n) is 7.73. The summed E-state index contributed by atoms with van der Waals surface area (Å²) in [6, 6.07) is 8.08. The zero-order valence-corrected chi connectivity index (χ0v) is 16.2. The number of rotatable bonds is 5. The van der Waals surface area contributed by atoms with Gasteiger partial charge in [0.15, 0.2) is 12.2 Å². The third-order valence-electron chi connectivity index (χ3n) is 5.56. The van der Waals surface area contributed by atoms with E-state index in [0.29, 0.717) is 6.54 Å². The molecule has 0 amide bonds. The lowest BCUT2D eigenvalue weighted by Gasteiger charge is -2.26. The predicted molar refractivity (Wildman–Crippen MR) is 113 cm³/mol. The molecule has 0 radical (unpaired) electrons. The molecule has 3 aromatic heterocycles. The van der Waals surface area contributed by atoms with E-state index in [-0.39, 0.29) is 5.54 Å². The van der Waals surface area contributed by atoms with Crippen LogP contribution in [-0.2, 0) is 0 Å². The van der Waals surface area contributed by atoms with E-state index >= 15 is 0 Å². The van der Waals surface area contributed by atoms with Crippen molar-refractivity contribution < 1.29 is 4.42 Å². The van der Waals surface area contributed by atoms with Gasteiger partial charge in [0.05, 0.1) is 17.1 Å². The number of nitrogens with one attached hydrogen (secondary N) is 2. The molecule has 0 aliphatic carbocycles. The van der Waals surface area contributed by atoms with E-state index in [9.17, 15) is 0 Å². The third kappa shape index (κ3) is 3.31. The van der Waals surface area contributed by atoms with Crippen LogP contribution < -0.4 is 16.0 Å². The minimum atomic E-state index is -0.344. The first-order chi connectivity index (χ1) is 14.1. The largest absolute Gasteiger partial charge is 0.444 e. The third-order valence-corrected chi connectivity index (χ3v) is 5.56. The van der Waals surface area contributed by atoms with Gasteiger partial charge in [-0.2, -0.15) is 0 Å². The van der Waals surface area contributed by atoms with Gasteiger partial charge in [0.25, 0.3) is 0 Å². The number of benzene rings is 1. The number of hydrogen-bond acceptors (Lipinski definition) is 7. The Kier molecular flexibility index (Phi) is 4.21. The van der Waals surface area contributed by atoms with Crippen LogP contribution in [0.15, 0.2) is 53.8 Å². The Balaban J connectivity index is 1.30. The summed E-state index contributed by atoms with van der Waals surface area (Å²) in [7, 11) is 0. The van der Waals surface area contributed by atoms with Crippen LogP contribution in [0.3, 0.4) is 0 Å².